The maximum absolute atomic E-state index is 13.2. The second kappa shape index (κ2) is 7.77. The van der Waals surface area contributed by atoms with Crippen LogP contribution in [0.25, 0.3) is 0 Å². The lowest BCUT2D eigenvalue weighted by Gasteiger charge is -2.10. The van der Waals surface area contributed by atoms with Crippen LogP contribution in [0.3, 0.4) is 0 Å². The van der Waals surface area contributed by atoms with E-state index in [2.05, 4.69) is 10.0 Å². The Hall–Kier alpha value is -2.90. The molecule has 3 rings (SSSR count). The first kappa shape index (κ1) is 18.9. The second-order valence-corrected chi connectivity index (χ2v) is 7.67. The molecule has 0 saturated carbocycles. The third kappa shape index (κ3) is 4.64. The third-order valence-corrected chi connectivity index (χ3v) is 5.30. The van der Waals surface area contributed by atoms with Crippen LogP contribution in [0.5, 0.6) is 0 Å². The summed E-state index contributed by atoms with van der Waals surface area (Å²) in [6.45, 7) is 0. The molecule has 0 spiro atoms. The normalized spacial score (nSPS) is 11.0. The van der Waals surface area contributed by atoms with Gasteiger partial charge in [-0.2, -0.15) is 0 Å². The van der Waals surface area contributed by atoms with E-state index in [0.717, 1.165) is 18.2 Å². The van der Waals surface area contributed by atoms with E-state index in [4.69, 9.17) is 11.6 Å². The molecule has 27 heavy (non-hydrogen) atoms. The average molecular weight is 405 g/mol. The Morgan fingerprint density at radius 2 is 1.56 bits per heavy atom. The Bertz CT molecular complexity index is 1070. The van der Waals surface area contributed by atoms with E-state index in [1.807, 2.05) is 6.07 Å². The molecule has 0 atom stereocenters. The maximum atomic E-state index is 13.2. The van der Waals surface area contributed by atoms with E-state index in [1.165, 1.54) is 24.3 Å². The molecule has 0 radical (unpaired) electrons. The second-order valence-electron chi connectivity index (χ2n) is 5.58. The summed E-state index contributed by atoms with van der Waals surface area (Å²) in [5.74, 6) is -1.02. The van der Waals surface area contributed by atoms with Crippen LogP contribution in [0.1, 0.15) is 10.4 Å². The number of para-hydroxylation sites is 1. The molecule has 0 fully saturated rings. The van der Waals surface area contributed by atoms with Crippen LogP contribution >= 0.6 is 11.6 Å². The predicted octanol–water partition coefficient (Wildman–Crippen LogP) is 4.53. The van der Waals surface area contributed by atoms with E-state index in [-0.39, 0.29) is 21.5 Å². The molecule has 3 aromatic carbocycles. The molecule has 0 heterocycles. The fourth-order valence-electron chi connectivity index (χ4n) is 2.27. The maximum Gasteiger partial charge on any atom is 0.261 e. The summed E-state index contributed by atoms with van der Waals surface area (Å²) in [5, 5.41) is 2.45. The van der Waals surface area contributed by atoms with Crippen LogP contribution in [-0.2, 0) is 10.0 Å². The van der Waals surface area contributed by atoms with E-state index >= 15 is 0 Å². The van der Waals surface area contributed by atoms with Gasteiger partial charge >= 0.3 is 0 Å². The minimum atomic E-state index is -3.94. The van der Waals surface area contributed by atoms with E-state index in [1.54, 1.807) is 24.3 Å². The molecule has 0 saturated heterocycles. The summed E-state index contributed by atoms with van der Waals surface area (Å²) in [4.78, 5) is 12.0. The van der Waals surface area contributed by atoms with Gasteiger partial charge in [-0.3, -0.25) is 9.52 Å². The third-order valence-electron chi connectivity index (χ3n) is 3.63. The molecule has 5 nitrogen and oxygen atoms in total. The largest absolute Gasteiger partial charge is 0.322 e. The van der Waals surface area contributed by atoms with Crippen molar-refractivity contribution in [2.75, 3.05) is 10.0 Å². The molecular formula is C19H14ClFN2O3S. The zero-order valence-electron chi connectivity index (χ0n) is 13.8. The fourth-order valence-corrected chi connectivity index (χ4v) is 3.60. The zero-order chi connectivity index (χ0) is 19.4. The number of rotatable bonds is 5. The Morgan fingerprint density at radius 1 is 0.889 bits per heavy atom. The Morgan fingerprint density at radius 3 is 2.19 bits per heavy atom. The number of sulfonamides is 1. The van der Waals surface area contributed by atoms with E-state index < -0.39 is 15.8 Å². The molecule has 1 amide bonds. The highest BCUT2D eigenvalue weighted by Gasteiger charge is 2.16. The van der Waals surface area contributed by atoms with Crippen molar-refractivity contribution in [2.45, 2.75) is 4.90 Å². The van der Waals surface area contributed by atoms with Gasteiger partial charge in [0.2, 0.25) is 0 Å². The molecule has 0 aliphatic carbocycles. The SMILES string of the molecule is O=C(Nc1ccccc1)c1ccc(NS(=O)(=O)c2ccc(F)c(Cl)c2)cc1. The summed E-state index contributed by atoms with van der Waals surface area (Å²) in [6, 6.07) is 18.0. The smallest absolute Gasteiger partial charge is 0.261 e. The monoisotopic (exact) mass is 404 g/mol. The molecular weight excluding hydrogens is 391 g/mol. The van der Waals surface area contributed by atoms with Gasteiger partial charge in [0.05, 0.1) is 9.92 Å². The van der Waals surface area contributed by atoms with Crippen molar-refractivity contribution in [3.8, 4) is 0 Å². The van der Waals surface area contributed by atoms with Crippen molar-refractivity contribution in [2.24, 2.45) is 0 Å². The molecule has 8 heteroatoms. The molecule has 0 unspecified atom stereocenters. The van der Waals surface area contributed by atoms with Crippen molar-refractivity contribution in [3.05, 3.63) is 89.2 Å². The molecule has 0 bridgehead atoms. The molecule has 0 aromatic heterocycles. The lowest BCUT2D eigenvalue weighted by Crippen LogP contribution is -2.14. The van der Waals surface area contributed by atoms with E-state index in [9.17, 15) is 17.6 Å². The Balaban J connectivity index is 1.73. The van der Waals surface area contributed by atoms with Crippen molar-refractivity contribution < 1.29 is 17.6 Å². The Labute approximate surface area is 160 Å². The van der Waals surface area contributed by atoms with Crippen molar-refractivity contribution in [1.29, 1.82) is 0 Å². The number of amides is 1. The van der Waals surface area contributed by atoms with Crippen LogP contribution in [0.15, 0.2) is 77.7 Å². The van der Waals surface area contributed by atoms with Gasteiger partial charge in [-0.1, -0.05) is 29.8 Å². The van der Waals surface area contributed by atoms with Crippen molar-refractivity contribution >= 4 is 38.9 Å². The minimum Gasteiger partial charge on any atom is -0.322 e. The van der Waals surface area contributed by atoms with Crippen LogP contribution in [0.4, 0.5) is 15.8 Å². The standard InChI is InChI=1S/C19H14ClFN2O3S/c20-17-12-16(10-11-18(17)21)27(25,26)23-15-8-6-13(7-9-15)19(24)22-14-4-2-1-3-5-14/h1-12,23H,(H,22,24). The van der Waals surface area contributed by atoms with Gasteiger partial charge in [-0.15, -0.1) is 0 Å². The fraction of sp³-hybridized carbons (Fsp3) is 0. The van der Waals surface area contributed by atoms with Gasteiger partial charge in [0.1, 0.15) is 5.82 Å². The number of hydrogen-bond acceptors (Lipinski definition) is 3. The van der Waals surface area contributed by atoms with Crippen LogP contribution in [0.2, 0.25) is 5.02 Å². The summed E-state index contributed by atoms with van der Waals surface area (Å²) in [7, 11) is -3.94. The number of nitrogens with one attached hydrogen (secondary N) is 2. The lowest BCUT2D eigenvalue weighted by atomic mass is 10.2. The van der Waals surface area contributed by atoms with Crippen molar-refractivity contribution in [3.63, 3.8) is 0 Å². The van der Waals surface area contributed by atoms with Crippen LogP contribution in [-0.4, -0.2) is 14.3 Å². The number of anilines is 2. The van der Waals surface area contributed by atoms with Gasteiger partial charge in [-0.25, -0.2) is 12.8 Å². The van der Waals surface area contributed by atoms with Gasteiger partial charge in [0.15, 0.2) is 0 Å². The average Bonchev–Trinajstić information content (AvgIpc) is 2.65. The summed E-state index contributed by atoms with van der Waals surface area (Å²) >= 11 is 5.63. The quantitative estimate of drug-likeness (QED) is 0.655. The van der Waals surface area contributed by atoms with Crippen molar-refractivity contribution in [1.82, 2.24) is 0 Å². The molecule has 0 aliphatic heterocycles. The molecule has 138 valence electrons. The summed E-state index contributed by atoms with van der Waals surface area (Å²) in [6.07, 6.45) is 0. The number of halogens is 2. The number of carbonyl (C=O) groups excluding carboxylic acids is 1. The molecule has 0 aliphatic rings. The van der Waals surface area contributed by atoms with Gasteiger partial charge in [-0.05, 0) is 54.6 Å². The minimum absolute atomic E-state index is 0.167. The van der Waals surface area contributed by atoms with Gasteiger partial charge < -0.3 is 5.32 Å². The molecule has 3 aromatic rings. The lowest BCUT2D eigenvalue weighted by molar-refractivity contribution is 0.102. The highest BCUT2D eigenvalue weighted by atomic mass is 35.5. The molecule has 2 N–H and O–H groups in total. The van der Waals surface area contributed by atoms with E-state index in [0.29, 0.717) is 11.3 Å². The van der Waals surface area contributed by atoms with Gasteiger partial charge in [0.25, 0.3) is 15.9 Å². The highest BCUT2D eigenvalue weighted by Crippen LogP contribution is 2.22. The van der Waals surface area contributed by atoms with Crippen LogP contribution in [0, 0.1) is 5.82 Å². The zero-order valence-corrected chi connectivity index (χ0v) is 15.4. The first-order valence-electron chi connectivity index (χ1n) is 7.79. The van der Waals surface area contributed by atoms with Crippen LogP contribution < -0.4 is 10.0 Å². The number of hydrogen-bond donors (Lipinski definition) is 2. The first-order valence-corrected chi connectivity index (χ1v) is 9.65. The Kier molecular flexibility index (Phi) is 5.43. The number of benzene rings is 3. The summed E-state index contributed by atoms with van der Waals surface area (Å²) < 4.78 is 40.3. The topological polar surface area (TPSA) is 75.3 Å². The first-order chi connectivity index (χ1) is 12.8. The van der Waals surface area contributed by atoms with Gasteiger partial charge in [0, 0.05) is 16.9 Å². The highest BCUT2D eigenvalue weighted by molar-refractivity contribution is 7.92. The number of carbonyl (C=O) groups is 1. The predicted molar refractivity (Wildman–Crippen MR) is 103 cm³/mol. The summed E-state index contributed by atoms with van der Waals surface area (Å²) in [5.41, 5.74) is 1.28.